The molecule has 1 amide bonds. The quantitative estimate of drug-likeness (QED) is 0.362. The molecule has 0 aliphatic heterocycles. The molecule has 0 spiro atoms. The number of carbonyl (C=O) groups is 1. The number of rotatable bonds is 6. The monoisotopic (exact) mass is 460 g/mol. The Hall–Kier alpha value is -4.07. The van der Waals surface area contributed by atoms with Gasteiger partial charge in [0.1, 0.15) is 11.9 Å². The number of benzene rings is 2. The van der Waals surface area contributed by atoms with E-state index in [-0.39, 0.29) is 11.6 Å². The fourth-order valence-electron chi connectivity index (χ4n) is 3.81. The van der Waals surface area contributed by atoms with E-state index in [0.29, 0.717) is 22.9 Å². The highest BCUT2D eigenvalue weighted by atomic mass is 19.1. The predicted molar refractivity (Wildman–Crippen MR) is 124 cm³/mol. The van der Waals surface area contributed by atoms with E-state index in [1.54, 1.807) is 19.1 Å². The second-order valence-corrected chi connectivity index (χ2v) is 8.25. The van der Waals surface area contributed by atoms with E-state index in [2.05, 4.69) is 15.4 Å². The van der Waals surface area contributed by atoms with Gasteiger partial charge in [-0.15, -0.1) is 0 Å². The summed E-state index contributed by atoms with van der Waals surface area (Å²) in [7, 11) is 0. The smallest absolute Gasteiger partial charge is 0.413 e. The van der Waals surface area contributed by atoms with Crippen molar-refractivity contribution in [2.45, 2.75) is 31.8 Å². The van der Waals surface area contributed by atoms with Gasteiger partial charge in [0.15, 0.2) is 11.6 Å². The molecule has 8 heteroatoms. The molecular weight excluding hydrogens is 438 g/mol. The first-order chi connectivity index (χ1) is 16.5. The van der Waals surface area contributed by atoms with Crippen molar-refractivity contribution in [3.05, 3.63) is 95.8 Å². The summed E-state index contributed by atoms with van der Waals surface area (Å²) in [6.45, 7) is 1.73. The summed E-state index contributed by atoms with van der Waals surface area (Å²) in [6.07, 6.45) is 3.20. The second-order valence-electron chi connectivity index (χ2n) is 8.25. The first kappa shape index (κ1) is 21.8. The van der Waals surface area contributed by atoms with Crippen molar-refractivity contribution in [2.75, 3.05) is 5.32 Å². The van der Waals surface area contributed by atoms with E-state index >= 15 is 0 Å². The van der Waals surface area contributed by atoms with Crippen LogP contribution < -0.4 is 5.32 Å². The van der Waals surface area contributed by atoms with E-state index in [4.69, 9.17) is 4.74 Å². The molecule has 172 valence electrons. The molecule has 1 unspecified atom stereocenters. The molecule has 5 rings (SSSR count). The van der Waals surface area contributed by atoms with Crippen LogP contribution in [0.2, 0.25) is 0 Å². The first-order valence-electron chi connectivity index (χ1n) is 11.0. The molecule has 1 N–H and O–H groups in total. The van der Waals surface area contributed by atoms with Gasteiger partial charge in [0.05, 0.1) is 23.8 Å². The fraction of sp³-hybridized carbons (Fsp3) is 0.192. The minimum atomic E-state index is -0.812. The largest absolute Gasteiger partial charge is 0.441 e. The van der Waals surface area contributed by atoms with Gasteiger partial charge in [-0.3, -0.25) is 10.3 Å². The number of anilines is 1. The Bertz CT molecular complexity index is 1320. The summed E-state index contributed by atoms with van der Waals surface area (Å²) in [4.78, 5) is 16.8. The van der Waals surface area contributed by atoms with Gasteiger partial charge in [0.25, 0.3) is 0 Å². The Labute approximate surface area is 195 Å². The van der Waals surface area contributed by atoms with Gasteiger partial charge in [-0.1, -0.05) is 42.5 Å². The fourth-order valence-corrected chi connectivity index (χ4v) is 3.81. The molecule has 1 saturated carbocycles. The van der Waals surface area contributed by atoms with Crippen molar-refractivity contribution in [1.29, 1.82) is 0 Å². The summed E-state index contributed by atoms with van der Waals surface area (Å²) >= 11 is 0. The second kappa shape index (κ2) is 9.05. The molecule has 0 radical (unpaired) electrons. The van der Waals surface area contributed by atoms with Gasteiger partial charge < -0.3 is 4.74 Å². The van der Waals surface area contributed by atoms with Gasteiger partial charge in [-0.25, -0.2) is 18.3 Å². The number of hydrogen-bond acceptors (Lipinski definition) is 4. The van der Waals surface area contributed by atoms with Crippen molar-refractivity contribution in [2.24, 2.45) is 0 Å². The number of halogens is 2. The van der Waals surface area contributed by atoms with Crippen LogP contribution in [0.15, 0.2) is 73.1 Å². The standard InChI is InChI=1S/C26H22F2N4O2/c1-16(17-5-3-2-4-6-17)34-26(33)31-25-23(28)15-30-32(25)20-10-12-24(29-14-20)19-9-11-21(18-7-8-18)22(27)13-19/h2-6,9-16,18H,7-8H2,1H3,(H,31,33). The van der Waals surface area contributed by atoms with Crippen LogP contribution in [0.1, 0.15) is 42.9 Å². The number of aromatic nitrogens is 3. The highest BCUT2D eigenvalue weighted by molar-refractivity contribution is 5.84. The van der Waals surface area contributed by atoms with Crippen LogP contribution in [0.3, 0.4) is 0 Å². The molecule has 4 aromatic rings. The number of nitrogens with one attached hydrogen (secondary N) is 1. The van der Waals surface area contributed by atoms with Crippen LogP contribution in [0.25, 0.3) is 16.9 Å². The maximum Gasteiger partial charge on any atom is 0.413 e. The summed E-state index contributed by atoms with van der Waals surface area (Å²) in [6, 6.07) is 17.7. The van der Waals surface area contributed by atoms with Crippen molar-refractivity contribution in [3.8, 4) is 16.9 Å². The maximum atomic E-state index is 14.4. The van der Waals surface area contributed by atoms with Crippen LogP contribution >= 0.6 is 0 Å². The number of ether oxygens (including phenoxy) is 1. The van der Waals surface area contributed by atoms with E-state index in [1.807, 2.05) is 42.5 Å². The lowest BCUT2D eigenvalue weighted by Gasteiger charge is -2.15. The molecule has 0 saturated heterocycles. The summed E-state index contributed by atoms with van der Waals surface area (Å²) in [5.41, 5.74) is 3.21. The number of amides is 1. The van der Waals surface area contributed by atoms with Crippen LogP contribution in [0, 0.1) is 11.6 Å². The van der Waals surface area contributed by atoms with Crippen molar-refractivity contribution in [3.63, 3.8) is 0 Å². The minimum Gasteiger partial charge on any atom is -0.441 e. The molecule has 2 heterocycles. The van der Waals surface area contributed by atoms with Gasteiger partial charge in [0.2, 0.25) is 0 Å². The Morgan fingerprint density at radius 1 is 1.06 bits per heavy atom. The van der Waals surface area contributed by atoms with Crippen LogP contribution in [0.4, 0.5) is 19.4 Å². The average Bonchev–Trinajstić information content (AvgIpc) is 3.63. The molecular formula is C26H22F2N4O2. The lowest BCUT2D eigenvalue weighted by atomic mass is 10.0. The molecule has 34 heavy (non-hydrogen) atoms. The summed E-state index contributed by atoms with van der Waals surface area (Å²) in [5, 5.41) is 6.42. The average molecular weight is 460 g/mol. The molecule has 1 aliphatic rings. The van der Waals surface area contributed by atoms with Gasteiger partial charge in [0, 0.05) is 5.56 Å². The predicted octanol–water partition coefficient (Wildman–Crippen LogP) is 6.40. The molecule has 6 nitrogen and oxygen atoms in total. The SMILES string of the molecule is CC(OC(=O)Nc1c(F)cnn1-c1ccc(-c2ccc(C3CC3)c(F)c2)nc1)c1ccccc1. The number of nitrogens with zero attached hydrogens (tertiary/aromatic N) is 3. The normalized spacial score (nSPS) is 14.0. The molecule has 0 bridgehead atoms. The molecule has 2 aromatic carbocycles. The maximum absolute atomic E-state index is 14.4. The highest BCUT2D eigenvalue weighted by Gasteiger charge is 2.26. The third-order valence-corrected chi connectivity index (χ3v) is 5.80. The Morgan fingerprint density at radius 2 is 1.85 bits per heavy atom. The van der Waals surface area contributed by atoms with Gasteiger partial charge >= 0.3 is 6.09 Å². The molecule has 1 atom stereocenters. The first-order valence-corrected chi connectivity index (χ1v) is 11.0. The van der Waals surface area contributed by atoms with Crippen molar-refractivity contribution < 1.29 is 18.3 Å². The topological polar surface area (TPSA) is 69.0 Å². The van der Waals surface area contributed by atoms with Crippen LogP contribution in [0.5, 0.6) is 0 Å². The Balaban J connectivity index is 1.32. The molecule has 2 aromatic heterocycles. The molecule has 1 aliphatic carbocycles. The van der Waals surface area contributed by atoms with Gasteiger partial charge in [-0.05, 0) is 55.0 Å². The zero-order chi connectivity index (χ0) is 23.7. The van der Waals surface area contributed by atoms with E-state index in [9.17, 15) is 13.6 Å². The van der Waals surface area contributed by atoms with E-state index in [0.717, 1.165) is 30.2 Å². The number of pyridine rings is 1. The Kier molecular flexibility index (Phi) is 5.79. The lowest BCUT2D eigenvalue weighted by molar-refractivity contribution is 0.121. The van der Waals surface area contributed by atoms with E-state index in [1.165, 1.54) is 16.9 Å². The number of carbonyl (C=O) groups excluding carboxylic acids is 1. The summed E-state index contributed by atoms with van der Waals surface area (Å²) < 4.78 is 35.4. The highest BCUT2D eigenvalue weighted by Crippen LogP contribution is 2.41. The van der Waals surface area contributed by atoms with Crippen LogP contribution in [-0.4, -0.2) is 20.9 Å². The van der Waals surface area contributed by atoms with Crippen LogP contribution in [-0.2, 0) is 4.74 Å². The van der Waals surface area contributed by atoms with Gasteiger partial charge in [-0.2, -0.15) is 5.10 Å². The lowest BCUT2D eigenvalue weighted by Crippen LogP contribution is -2.19. The van der Waals surface area contributed by atoms with E-state index < -0.39 is 18.0 Å². The van der Waals surface area contributed by atoms with Crippen molar-refractivity contribution in [1.82, 2.24) is 14.8 Å². The minimum absolute atomic E-state index is 0.167. The van der Waals surface area contributed by atoms with Crippen molar-refractivity contribution >= 4 is 11.9 Å². The zero-order valence-electron chi connectivity index (χ0n) is 18.4. The third-order valence-electron chi connectivity index (χ3n) is 5.80. The molecule has 1 fully saturated rings. The Morgan fingerprint density at radius 3 is 2.53 bits per heavy atom. The third kappa shape index (κ3) is 4.52. The number of hydrogen-bond donors (Lipinski definition) is 1. The summed E-state index contributed by atoms with van der Waals surface area (Å²) in [5.74, 6) is -0.784. The zero-order valence-corrected chi connectivity index (χ0v) is 18.4.